The highest BCUT2D eigenvalue weighted by Crippen LogP contribution is 2.09. The van der Waals surface area contributed by atoms with Gasteiger partial charge in [-0.15, -0.1) is 6.42 Å². The third-order valence-corrected chi connectivity index (χ3v) is 2.89. The van der Waals surface area contributed by atoms with E-state index in [4.69, 9.17) is 6.42 Å². The summed E-state index contributed by atoms with van der Waals surface area (Å²) in [6.07, 6.45) is 5.31. The third kappa shape index (κ3) is 4.66. The van der Waals surface area contributed by atoms with Crippen LogP contribution in [0.25, 0.3) is 0 Å². The molecule has 0 saturated heterocycles. The van der Waals surface area contributed by atoms with Gasteiger partial charge in [-0.1, -0.05) is 24.1 Å². The lowest BCUT2D eigenvalue weighted by Gasteiger charge is -2.08. The fourth-order valence-corrected chi connectivity index (χ4v) is 1.77. The van der Waals surface area contributed by atoms with Crippen LogP contribution in [0.3, 0.4) is 0 Å². The van der Waals surface area contributed by atoms with Crippen molar-refractivity contribution < 1.29 is 9.18 Å². The van der Waals surface area contributed by atoms with Crippen LogP contribution < -0.4 is 10.6 Å². The summed E-state index contributed by atoms with van der Waals surface area (Å²) in [5.74, 6) is 2.10. The van der Waals surface area contributed by atoms with Gasteiger partial charge in [0.2, 0.25) is 5.91 Å². The summed E-state index contributed by atoms with van der Waals surface area (Å²) in [6, 6.07) is 13.3. The SMILES string of the molecule is C#Cc1cccc(NCC(=O)NCc2ccc(F)cc2)c1. The Balaban J connectivity index is 1.79. The number of hydrogen-bond acceptors (Lipinski definition) is 2. The van der Waals surface area contributed by atoms with Crippen molar-refractivity contribution in [2.45, 2.75) is 6.54 Å². The second-order valence-electron chi connectivity index (χ2n) is 4.48. The van der Waals surface area contributed by atoms with E-state index in [-0.39, 0.29) is 18.3 Å². The molecule has 0 heterocycles. The maximum atomic E-state index is 12.7. The van der Waals surface area contributed by atoms with Crippen molar-refractivity contribution in [3.8, 4) is 12.3 Å². The molecular weight excluding hydrogens is 267 g/mol. The predicted octanol–water partition coefficient (Wildman–Crippen LogP) is 2.54. The fourth-order valence-electron chi connectivity index (χ4n) is 1.77. The van der Waals surface area contributed by atoms with Crippen LogP contribution in [0.1, 0.15) is 11.1 Å². The number of carbonyl (C=O) groups excluding carboxylic acids is 1. The highest BCUT2D eigenvalue weighted by atomic mass is 19.1. The summed E-state index contributed by atoms with van der Waals surface area (Å²) in [6.45, 7) is 0.514. The second kappa shape index (κ2) is 7.11. The minimum atomic E-state index is -0.292. The van der Waals surface area contributed by atoms with Gasteiger partial charge in [-0.2, -0.15) is 0 Å². The molecule has 3 nitrogen and oxygen atoms in total. The summed E-state index contributed by atoms with van der Waals surface area (Å²) in [4.78, 5) is 11.7. The monoisotopic (exact) mass is 282 g/mol. The van der Waals surface area contributed by atoms with Crippen molar-refractivity contribution in [2.75, 3.05) is 11.9 Å². The van der Waals surface area contributed by atoms with E-state index in [1.54, 1.807) is 18.2 Å². The van der Waals surface area contributed by atoms with Gasteiger partial charge in [-0.05, 0) is 35.9 Å². The zero-order valence-corrected chi connectivity index (χ0v) is 11.4. The van der Waals surface area contributed by atoms with Gasteiger partial charge in [-0.25, -0.2) is 4.39 Å². The van der Waals surface area contributed by atoms with E-state index in [0.29, 0.717) is 6.54 Å². The topological polar surface area (TPSA) is 41.1 Å². The predicted molar refractivity (Wildman–Crippen MR) is 81.1 cm³/mol. The first-order valence-corrected chi connectivity index (χ1v) is 6.49. The van der Waals surface area contributed by atoms with Crippen LogP contribution >= 0.6 is 0 Å². The highest BCUT2D eigenvalue weighted by molar-refractivity contribution is 5.80. The Morgan fingerprint density at radius 2 is 1.95 bits per heavy atom. The van der Waals surface area contributed by atoms with Crippen molar-refractivity contribution in [1.29, 1.82) is 0 Å². The van der Waals surface area contributed by atoms with Gasteiger partial charge in [0.05, 0.1) is 6.54 Å². The molecule has 0 bridgehead atoms. The van der Waals surface area contributed by atoms with Gasteiger partial charge in [0.1, 0.15) is 5.82 Å². The van der Waals surface area contributed by atoms with Gasteiger partial charge in [0.15, 0.2) is 0 Å². The number of hydrogen-bond donors (Lipinski definition) is 2. The summed E-state index contributed by atoms with van der Waals surface area (Å²) >= 11 is 0. The molecule has 21 heavy (non-hydrogen) atoms. The molecule has 4 heteroatoms. The molecule has 2 N–H and O–H groups in total. The van der Waals surface area contributed by atoms with Crippen LogP contribution in [0, 0.1) is 18.2 Å². The average molecular weight is 282 g/mol. The fraction of sp³-hybridized carbons (Fsp3) is 0.118. The summed E-state index contributed by atoms with van der Waals surface area (Å²) in [7, 11) is 0. The Morgan fingerprint density at radius 3 is 2.67 bits per heavy atom. The van der Waals surface area contributed by atoms with Crippen molar-refractivity contribution in [3.63, 3.8) is 0 Å². The summed E-state index contributed by atoms with van der Waals surface area (Å²) in [5.41, 5.74) is 2.40. The molecule has 0 fully saturated rings. The molecule has 2 aromatic rings. The lowest BCUT2D eigenvalue weighted by atomic mass is 10.2. The molecule has 0 atom stereocenters. The van der Waals surface area contributed by atoms with E-state index in [9.17, 15) is 9.18 Å². The van der Waals surface area contributed by atoms with Gasteiger partial charge in [0.25, 0.3) is 0 Å². The zero-order chi connectivity index (χ0) is 15.1. The Bertz CT molecular complexity index is 659. The average Bonchev–Trinajstić information content (AvgIpc) is 2.52. The zero-order valence-electron chi connectivity index (χ0n) is 11.4. The molecule has 106 valence electrons. The standard InChI is InChI=1S/C17H15FN2O/c1-2-13-4-3-5-16(10-13)19-12-17(21)20-11-14-6-8-15(18)9-7-14/h1,3-10,19H,11-12H2,(H,20,21). The van der Waals surface area contributed by atoms with E-state index in [2.05, 4.69) is 16.6 Å². The Morgan fingerprint density at radius 1 is 1.19 bits per heavy atom. The smallest absolute Gasteiger partial charge is 0.239 e. The summed E-state index contributed by atoms with van der Waals surface area (Å²) < 4.78 is 12.7. The first kappa shape index (κ1) is 14.6. The number of anilines is 1. The number of halogens is 1. The largest absolute Gasteiger partial charge is 0.376 e. The van der Waals surface area contributed by atoms with Crippen molar-refractivity contribution in [2.24, 2.45) is 0 Å². The molecule has 0 saturated carbocycles. The van der Waals surface area contributed by atoms with Gasteiger partial charge in [-0.3, -0.25) is 4.79 Å². The van der Waals surface area contributed by atoms with E-state index < -0.39 is 0 Å². The molecule has 0 unspecified atom stereocenters. The van der Waals surface area contributed by atoms with Crippen LogP contribution in [0.5, 0.6) is 0 Å². The van der Waals surface area contributed by atoms with E-state index in [0.717, 1.165) is 16.8 Å². The molecule has 0 aliphatic carbocycles. The van der Waals surface area contributed by atoms with Crippen LogP contribution in [0.2, 0.25) is 0 Å². The minimum Gasteiger partial charge on any atom is -0.376 e. The molecule has 0 aliphatic rings. The summed E-state index contributed by atoms with van der Waals surface area (Å²) in [5, 5.41) is 5.75. The lowest BCUT2D eigenvalue weighted by molar-refractivity contribution is -0.119. The molecule has 1 amide bonds. The number of rotatable bonds is 5. The number of benzene rings is 2. The van der Waals surface area contributed by atoms with Crippen molar-refractivity contribution in [3.05, 3.63) is 65.5 Å². The van der Waals surface area contributed by atoms with Crippen LogP contribution in [0.15, 0.2) is 48.5 Å². The van der Waals surface area contributed by atoms with Gasteiger partial charge >= 0.3 is 0 Å². The number of amides is 1. The number of nitrogens with one attached hydrogen (secondary N) is 2. The van der Waals surface area contributed by atoms with Gasteiger partial charge < -0.3 is 10.6 Å². The molecule has 0 radical (unpaired) electrons. The normalized spacial score (nSPS) is 9.71. The van der Waals surface area contributed by atoms with Crippen LogP contribution in [0.4, 0.5) is 10.1 Å². The molecule has 0 spiro atoms. The Hall–Kier alpha value is -2.80. The molecule has 0 aromatic heterocycles. The maximum Gasteiger partial charge on any atom is 0.239 e. The molecule has 0 aliphatic heterocycles. The van der Waals surface area contributed by atoms with Crippen molar-refractivity contribution >= 4 is 11.6 Å². The van der Waals surface area contributed by atoms with E-state index in [1.807, 2.05) is 18.2 Å². The quantitative estimate of drug-likeness (QED) is 0.827. The third-order valence-electron chi connectivity index (χ3n) is 2.89. The molecule has 2 aromatic carbocycles. The van der Waals surface area contributed by atoms with Crippen LogP contribution in [-0.2, 0) is 11.3 Å². The molecular formula is C17H15FN2O. The minimum absolute atomic E-state index is 0.148. The first-order chi connectivity index (χ1) is 10.2. The number of carbonyl (C=O) groups is 1. The van der Waals surface area contributed by atoms with Crippen molar-refractivity contribution in [1.82, 2.24) is 5.32 Å². The number of terminal acetylenes is 1. The van der Waals surface area contributed by atoms with E-state index in [1.165, 1.54) is 12.1 Å². The molecule has 2 rings (SSSR count). The Kier molecular flexibility index (Phi) is 4.94. The highest BCUT2D eigenvalue weighted by Gasteiger charge is 2.02. The Labute approximate surface area is 123 Å². The van der Waals surface area contributed by atoms with Gasteiger partial charge in [0, 0.05) is 17.8 Å². The lowest BCUT2D eigenvalue weighted by Crippen LogP contribution is -2.29. The van der Waals surface area contributed by atoms with Crippen LogP contribution in [-0.4, -0.2) is 12.5 Å². The van der Waals surface area contributed by atoms with E-state index >= 15 is 0 Å². The maximum absolute atomic E-state index is 12.7. The first-order valence-electron chi connectivity index (χ1n) is 6.49. The second-order valence-corrected chi connectivity index (χ2v) is 4.48.